The van der Waals surface area contributed by atoms with Gasteiger partial charge in [0.2, 0.25) is 5.91 Å². The highest BCUT2D eigenvalue weighted by molar-refractivity contribution is 6.05. The molecule has 25 heavy (non-hydrogen) atoms. The third-order valence-electron chi connectivity index (χ3n) is 4.16. The predicted molar refractivity (Wildman–Crippen MR) is 97.4 cm³/mol. The van der Waals surface area contributed by atoms with E-state index in [-0.39, 0.29) is 23.8 Å². The van der Waals surface area contributed by atoms with E-state index in [9.17, 15) is 19.8 Å². The Hall–Kier alpha value is -1.92. The molecule has 1 aromatic rings. The van der Waals surface area contributed by atoms with Gasteiger partial charge in [-0.2, -0.15) is 0 Å². The van der Waals surface area contributed by atoms with Crippen LogP contribution in [0.3, 0.4) is 0 Å². The molecule has 6 heteroatoms. The summed E-state index contributed by atoms with van der Waals surface area (Å²) < 4.78 is 0. The highest BCUT2D eigenvalue weighted by atomic mass is 16.3. The van der Waals surface area contributed by atoms with E-state index in [1.54, 1.807) is 0 Å². The van der Waals surface area contributed by atoms with Gasteiger partial charge in [0.05, 0.1) is 12.2 Å². The van der Waals surface area contributed by atoms with Gasteiger partial charge < -0.3 is 15.5 Å². The molecule has 0 aromatic heterocycles. The summed E-state index contributed by atoms with van der Waals surface area (Å²) in [7, 11) is 1.95. The van der Waals surface area contributed by atoms with Crippen LogP contribution in [-0.4, -0.2) is 47.1 Å². The smallest absolute Gasteiger partial charge is 0.264 e. The largest absolute Gasteiger partial charge is 0.507 e. The topological polar surface area (TPSA) is 89.9 Å². The van der Waals surface area contributed by atoms with E-state index in [1.807, 2.05) is 7.05 Å². The lowest BCUT2D eigenvalue weighted by Crippen LogP contribution is -2.36. The van der Waals surface area contributed by atoms with E-state index in [0.717, 1.165) is 43.5 Å². The van der Waals surface area contributed by atoms with Crippen LogP contribution in [0, 0.1) is 0 Å². The molecule has 0 fully saturated rings. The monoisotopic (exact) mass is 350 g/mol. The summed E-state index contributed by atoms with van der Waals surface area (Å²) in [4.78, 5) is 25.6. The van der Waals surface area contributed by atoms with Crippen LogP contribution in [0.15, 0.2) is 18.2 Å². The van der Waals surface area contributed by atoms with Gasteiger partial charge in [-0.15, -0.1) is 0 Å². The van der Waals surface area contributed by atoms with Gasteiger partial charge in [0, 0.05) is 13.5 Å². The molecule has 0 saturated carbocycles. The third-order valence-corrected chi connectivity index (χ3v) is 4.16. The molecule has 0 aliphatic heterocycles. The SMILES string of the molecule is CNCCCCCCCCN(C(C)=O)C(=O)c1cc(CO)ccc1O. The van der Waals surface area contributed by atoms with Gasteiger partial charge in [0.25, 0.3) is 5.91 Å². The van der Waals surface area contributed by atoms with Crippen molar-refractivity contribution in [3.8, 4) is 5.75 Å². The van der Waals surface area contributed by atoms with Crippen molar-refractivity contribution in [1.82, 2.24) is 10.2 Å². The Bertz CT molecular complexity index is 560. The number of rotatable bonds is 11. The number of unbranched alkanes of at least 4 members (excludes halogenated alkanes) is 5. The zero-order chi connectivity index (χ0) is 18.7. The highest BCUT2D eigenvalue weighted by Crippen LogP contribution is 2.21. The van der Waals surface area contributed by atoms with Crippen LogP contribution in [0.4, 0.5) is 0 Å². The van der Waals surface area contributed by atoms with E-state index >= 15 is 0 Å². The molecule has 1 rings (SSSR count). The van der Waals surface area contributed by atoms with E-state index in [4.69, 9.17) is 0 Å². The normalized spacial score (nSPS) is 10.7. The molecular formula is C19H30N2O4. The van der Waals surface area contributed by atoms with Crippen molar-refractivity contribution in [1.29, 1.82) is 0 Å². The zero-order valence-corrected chi connectivity index (χ0v) is 15.3. The molecule has 6 nitrogen and oxygen atoms in total. The number of phenolic OH excluding ortho intramolecular Hbond substituents is 1. The molecule has 3 N–H and O–H groups in total. The lowest BCUT2D eigenvalue weighted by atomic mass is 10.1. The summed E-state index contributed by atoms with van der Waals surface area (Å²) in [6.45, 7) is 2.49. The molecule has 1 aromatic carbocycles. The molecule has 0 aliphatic rings. The average molecular weight is 350 g/mol. The molecule has 0 spiro atoms. The van der Waals surface area contributed by atoms with Crippen LogP contribution < -0.4 is 5.32 Å². The molecule has 140 valence electrons. The minimum atomic E-state index is -0.519. The molecular weight excluding hydrogens is 320 g/mol. The van der Waals surface area contributed by atoms with Crippen LogP contribution in [-0.2, 0) is 11.4 Å². The van der Waals surface area contributed by atoms with Gasteiger partial charge >= 0.3 is 0 Å². The number of carbonyl (C=O) groups is 2. The maximum absolute atomic E-state index is 12.6. The van der Waals surface area contributed by atoms with Crippen molar-refractivity contribution >= 4 is 11.8 Å². The molecule has 0 heterocycles. The second kappa shape index (κ2) is 11.6. The number of amides is 2. The van der Waals surface area contributed by atoms with Gasteiger partial charge in [-0.25, -0.2) is 0 Å². The summed E-state index contributed by atoms with van der Waals surface area (Å²) in [6.07, 6.45) is 6.27. The van der Waals surface area contributed by atoms with Gasteiger partial charge in [0.1, 0.15) is 5.75 Å². The van der Waals surface area contributed by atoms with Gasteiger partial charge in [-0.3, -0.25) is 14.5 Å². The van der Waals surface area contributed by atoms with Crippen molar-refractivity contribution in [2.45, 2.75) is 52.1 Å². The first kappa shape index (κ1) is 21.1. The highest BCUT2D eigenvalue weighted by Gasteiger charge is 2.22. The number of phenols is 1. The maximum atomic E-state index is 12.6. The van der Waals surface area contributed by atoms with Crippen LogP contribution >= 0.6 is 0 Å². The van der Waals surface area contributed by atoms with Crippen LogP contribution in [0.25, 0.3) is 0 Å². The molecule has 0 aliphatic carbocycles. The number of hydrogen-bond acceptors (Lipinski definition) is 5. The van der Waals surface area contributed by atoms with E-state index < -0.39 is 5.91 Å². The molecule has 0 radical (unpaired) electrons. The fraction of sp³-hybridized carbons (Fsp3) is 0.579. The van der Waals surface area contributed by atoms with Crippen LogP contribution in [0.2, 0.25) is 0 Å². The molecule has 2 amide bonds. The number of aliphatic hydroxyl groups excluding tert-OH is 1. The lowest BCUT2D eigenvalue weighted by molar-refractivity contribution is -0.126. The van der Waals surface area contributed by atoms with Crippen LogP contribution in [0.1, 0.15) is 61.4 Å². The number of aromatic hydroxyl groups is 1. The van der Waals surface area contributed by atoms with Gasteiger partial charge in [-0.05, 0) is 44.1 Å². The average Bonchev–Trinajstić information content (AvgIpc) is 2.60. The van der Waals surface area contributed by atoms with Crippen LogP contribution in [0.5, 0.6) is 5.75 Å². The van der Waals surface area contributed by atoms with E-state index in [1.165, 1.54) is 31.5 Å². The van der Waals surface area contributed by atoms with Crippen molar-refractivity contribution in [2.75, 3.05) is 20.1 Å². The van der Waals surface area contributed by atoms with Crippen molar-refractivity contribution in [3.63, 3.8) is 0 Å². The van der Waals surface area contributed by atoms with Gasteiger partial charge in [-0.1, -0.05) is 31.7 Å². The number of hydrogen-bond donors (Lipinski definition) is 3. The summed E-state index contributed by atoms with van der Waals surface area (Å²) >= 11 is 0. The first-order valence-corrected chi connectivity index (χ1v) is 8.91. The van der Waals surface area contributed by atoms with Crippen molar-refractivity contribution < 1.29 is 19.8 Å². The lowest BCUT2D eigenvalue weighted by Gasteiger charge is -2.20. The minimum absolute atomic E-state index is 0.0498. The predicted octanol–water partition coefficient (Wildman–Crippen LogP) is 2.43. The summed E-state index contributed by atoms with van der Waals surface area (Å²) in [5, 5.41) is 22.2. The second-order valence-corrected chi connectivity index (χ2v) is 6.21. The molecule has 0 saturated heterocycles. The Morgan fingerprint density at radius 2 is 1.72 bits per heavy atom. The number of nitrogens with zero attached hydrogens (tertiary/aromatic N) is 1. The quantitative estimate of drug-likeness (QED) is 0.533. The summed E-state index contributed by atoms with van der Waals surface area (Å²) in [6, 6.07) is 4.33. The fourth-order valence-electron chi connectivity index (χ4n) is 2.68. The molecule has 0 unspecified atom stereocenters. The molecule has 0 atom stereocenters. The first-order chi connectivity index (χ1) is 12.0. The zero-order valence-electron chi connectivity index (χ0n) is 15.3. The number of nitrogens with one attached hydrogen (secondary N) is 1. The standard InChI is InChI=1S/C19H30N2O4/c1-15(23)21(12-8-6-4-3-5-7-11-20-2)19(25)17-13-16(14-22)9-10-18(17)24/h9-10,13,20,22,24H,3-8,11-12,14H2,1-2H3. The molecule has 0 bridgehead atoms. The summed E-state index contributed by atoms with van der Waals surface area (Å²) in [5.41, 5.74) is 0.569. The Balaban J connectivity index is 2.54. The number of aliphatic hydroxyl groups is 1. The van der Waals surface area contributed by atoms with E-state index in [2.05, 4.69) is 5.32 Å². The minimum Gasteiger partial charge on any atom is -0.507 e. The second-order valence-electron chi connectivity index (χ2n) is 6.21. The Morgan fingerprint density at radius 3 is 2.32 bits per heavy atom. The Labute approximate surface area is 149 Å². The fourth-order valence-corrected chi connectivity index (χ4v) is 2.68. The first-order valence-electron chi connectivity index (χ1n) is 8.91. The Kier molecular flexibility index (Phi) is 9.80. The third kappa shape index (κ3) is 7.23. The number of benzene rings is 1. The van der Waals surface area contributed by atoms with Crippen molar-refractivity contribution in [3.05, 3.63) is 29.3 Å². The number of carbonyl (C=O) groups excluding carboxylic acids is 2. The van der Waals surface area contributed by atoms with E-state index in [0.29, 0.717) is 12.1 Å². The van der Waals surface area contributed by atoms with Gasteiger partial charge in [0.15, 0.2) is 0 Å². The Morgan fingerprint density at radius 1 is 1.08 bits per heavy atom. The number of imide groups is 1. The maximum Gasteiger partial charge on any atom is 0.264 e. The summed E-state index contributed by atoms with van der Waals surface area (Å²) in [5.74, 6) is -1.04. The van der Waals surface area contributed by atoms with Crippen molar-refractivity contribution in [2.24, 2.45) is 0 Å².